The van der Waals surface area contributed by atoms with Crippen LogP contribution in [0.4, 0.5) is 0 Å². The van der Waals surface area contributed by atoms with Crippen molar-refractivity contribution in [2.24, 2.45) is 28.8 Å². The van der Waals surface area contributed by atoms with Crippen molar-refractivity contribution in [1.82, 2.24) is 5.01 Å². The maximum atomic E-state index is 12.6. The average Bonchev–Trinajstić information content (AvgIpc) is 3.23. The maximum Gasteiger partial charge on any atom is 0.254 e. The van der Waals surface area contributed by atoms with Gasteiger partial charge < -0.3 is 4.74 Å². The molecule has 5 nitrogen and oxygen atoms in total. The van der Waals surface area contributed by atoms with Gasteiger partial charge in [-0.05, 0) is 56.7 Å². The molecule has 4 atom stereocenters. The predicted octanol–water partition coefficient (Wildman–Crippen LogP) is 4.31. The Bertz CT molecular complexity index is 835. The van der Waals surface area contributed by atoms with Gasteiger partial charge in [0.15, 0.2) is 5.75 Å². The minimum atomic E-state index is -0.442. The highest BCUT2D eigenvalue weighted by Gasteiger charge is 2.59. The standard InChI is InChI=1S/C20H20Cl2N2O3/c1-20(2,3)27-17-13(21)6-10(7-14(17)22)9-23-24-18(25)15-11-4-5-12(8-11)16(15)19(24)26/h4-7,9,11-12,15-16H,8H2,1-3H3. The van der Waals surface area contributed by atoms with Crippen LogP contribution in [0.3, 0.4) is 0 Å². The molecule has 0 spiro atoms. The Labute approximate surface area is 168 Å². The van der Waals surface area contributed by atoms with E-state index >= 15 is 0 Å². The van der Waals surface area contributed by atoms with Gasteiger partial charge in [-0.2, -0.15) is 10.1 Å². The Morgan fingerprint density at radius 2 is 1.59 bits per heavy atom. The van der Waals surface area contributed by atoms with Crippen LogP contribution in [0.5, 0.6) is 5.75 Å². The monoisotopic (exact) mass is 406 g/mol. The highest BCUT2D eigenvalue weighted by molar-refractivity contribution is 6.37. The van der Waals surface area contributed by atoms with Crippen LogP contribution in [-0.2, 0) is 9.59 Å². The molecule has 2 fully saturated rings. The zero-order valence-electron chi connectivity index (χ0n) is 15.3. The zero-order valence-corrected chi connectivity index (χ0v) is 16.8. The van der Waals surface area contributed by atoms with Crippen LogP contribution in [0.1, 0.15) is 32.8 Å². The summed E-state index contributed by atoms with van der Waals surface area (Å²) in [5.41, 5.74) is 0.146. The molecule has 1 heterocycles. The fourth-order valence-electron chi connectivity index (χ4n) is 4.18. The molecule has 142 valence electrons. The molecule has 0 aromatic heterocycles. The lowest BCUT2D eigenvalue weighted by molar-refractivity contribution is -0.140. The van der Waals surface area contributed by atoms with E-state index in [0.717, 1.165) is 11.4 Å². The molecule has 1 saturated carbocycles. The first-order chi connectivity index (χ1) is 12.7. The number of halogens is 2. The molecule has 1 aromatic carbocycles. The largest absolute Gasteiger partial charge is 0.485 e. The summed E-state index contributed by atoms with van der Waals surface area (Å²) in [5, 5.41) is 5.84. The molecule has 4 rings (SSSR count). The molecular weight excluding hydrogens is 387 g/mol. The molecule has 0 N–H and O–H groups in total. The van der Waals surface area contributed by atoms with E-state index in [2.05, 4.69) is 17.3 Å². The van der Waals surface area contributed by atoms with Gasteiger partial charge in [-0.3, -0.25) is 9.59 Å². The van der Waals surface area contributed by atoms with Crippen LogP contribution in [-0.4, -0.2) is 28.6 Å². The summed E-state index contributed by atoms with van der Waals surface area (Å²) < 4.78 is 5.78. The lowest BCUT2D eigenvalue weighted by Crippen LogP contribution is -2.28. The summed E-state index contributed by atoms with van der Waals surface area (Å²) in [4.78, 5) is 25.3. The maximum absolute atomic E-state index is 12.6. The summed E-state index contributed by atoms with van der Waals surface area (Å²) in [6.45, 7) is 5.70. The van der Waals surface area contributed by atoms with Gasteiger partial charge in [0, 0.05) is 0 Å². The van der Waals surface area contributed by atoms with Gasteiger partial charge >= 0.3 is 0 Å². The third-order valence-corrected chi connectivity index (χ3v) is 5.76. The van der Waals surface area contributed by atoms with Crippen LogP contribution in [0, 0.1) is 23.7 Å². The van der Waals surface area contributed by atoms with Gasteiger partial charge in [0.05, 0.1) is 28.1 Å². The fraction of sp³-hybridized carbons (Fsp3) is 0.450. The number of hydrogen-bond acceptors (Lipinski definition) is 4. The van der Waals surface area contributed by atoms with Crippen LogP contribution in [0.15, 0.2) is 29.4 Å². The Hall–Kier alpha value is -1.85. The van der Waals surface area contributed by atoms with E-state index in [9.17, 15) is 9.59 Å². The molecule has 7 heteroatoms. The first kappa shape index (κ1) is 18.5. The highest BCUT2D eigenvalue weighted by atomic mass is 35.5. The van der Waals surface area contributed by atoms with Gasteiger partial charge in [-0.25, -0.2) is 0 Å². The molecule has 1 saturated heterocycles. The minimum Gasteiger partial charge on any atom is -0.485 e. The van der Waals surface area contributed by atoms with Crippen molar-refractivity contribution >= 4 is 41.2 Å². The van der Waals surface area contributed by atoms with Gasteiger partial charge in [0.25, 0.3) is 11.8 Å². The number of allylic oxidation sites excluding steroid dienone is 2. The molecule has 1 aromatic rings. The smallest absolute Gasteiger partial charge is 0.254 e. The van der Waals surface area contributed by atoms with E-state index in [1.165, 1.54) is 6.21 Å². The fourth-order valence-corrected chi connectivity index (χ4v) is 4.76. The number of benzene rings is 1. The number of rotatable bonds is 3. The first-order valence-electron chi connectivity index (χ1n) is 8.94. The number of nitrogens with zero attached hydrogens (tertiary/aromatic N) is 2. The van der Waals surface area contributed by atoms with E-state index in [1.807, 2.05) is 20.8 Å². The lowest BCUT2D eigenvalue weighted by Gasteiger charge is -2.23. The SMILES string of the molecule is CC(C)(C)Oc1c(Cl)cc(C=NN2C(=O)C3C4C=CC(C4)C3C2=O)cc1Cl. The molecule has 2 amide bonds. The summed E-state index contributed by atoms with van der Waals surface area (Å²) in [6, 6.07) is 3.30. The second-order valence-electron chi connectivity index (χ2n) is 8.26. The Balaban J connectivity index is 1.55. The normalized spacial score (nSPS) is 29.3. The number of amides is 2. The molecule has 1 aliphatic heterocycles. The first-order valence-corrected chi connectivity index (χ1v) is 9.69. The molecule has 2 aliphatic carbocycles. The minimum absolute atomic E-state index is 0.161. The number of imide groups is 1. The van der Waals surface area contributed by atoms with Crippen LogP contribution >= 0.6 is 23.2 Å². The van der Waals surface area contributed by atoms with E-state index < -0.39 is 5.60 Å². The van der Waals surface area contributed by atoms with Crippen molar-refractivity contribution in [2.75, 3.05) is 0 Å². The van der Waals surface area contributed by atoms with Crippen molar-refractivity contribution in [1.29, 1.82) is 0 Å². The van der Waals surface area contributed by atoms with Crippen LogP contribution < -0.4 is 4.74 Å². The van der Waals surface area contributed by atoms with Crippen molar-refractivity contribution in [3.63, 3.8) is 0 Å². The summed E-state index contributed by atoms with van der Waals surface area (Å²) in [6.07, 6.45) is 6.44. The summed E-state index contributed by atoms with van der Waals surface area (Å²) in [5.74, 6) is -0.248. The predicted molar refractivity (Wildman–Crippen MR) is 104 cm³/mol. The Kier molecular flexibility index (Phi) is 4.35. The van der Waals surface area contributed by atoms with Gasteiger partial charge in [0.1, 0.15) is 5.60 Å². The molecule has 2 bridgehead atoms. The number of carbonyl (C=O) groups excluding carboxylic acids is 2. The Morgan fingerprint density at radius 3 is 2.07 bits per heavy atom. The number of hydrogen-bond donors (Lipinski definition) is 0. The highest BCUT2D eigenvalue weighted by Crippen LogP contribution is 2.52. The number of fused-ring (bicyclic) bond motifs is 5. The van der Waals surface area contributed by atoms with Gasteiger partial charge in [-0.1, -0.05) is 35.4 Å². The van der Waals surface area contributed by atoms with Gasteiger partial charge in [-0.15, -0.1) is 0 Å². The Morgan fingerprint density at radius 1 is 1.07 bits per heavy atom. The number of carbonyl (C=O) groups is 2. The lowest BCUT2D eigenvalue weighted by atomic mass is 9.85. The van der Waals surface area contributed by atoms with E-state index in [1.54, 1.807) is 12.1 Å². The van der Waals surface area contributed by atoms with E-state index in [-0.39, 0.29) is 35.5 Å². The molecule has 3 aliphatic rings. The molecule has 27 heavy (non-hydrogen) atoms. The third-order valence-electron chi connectivity index (χ3n) is 5.20. The average molecular weight is 407 g/mol. The third kappa shape index (κ3) is 3.17. The van der Waals surface area contributed by atoms with E-state index in [4.69, 9.17) is 27.9 Å². The number of hydrazone groups is 1. The molecular formula is C20H20Cl2N2O3. The second-order valence-corrected chi connectivity index (χ2v) is 9.08. The van der Waals surface area contributed by atoms with Crippen LogP contribution in [0.25, 0.3) is 0 Å². The van der Waals surface area contributed by atoms with Crippen molar-refractivity contribution in [3.8, 4) is 5.75 Å². The van der Waals surface area contributed by atoms with Crippen molar-refractivity contribution < 1.29 is 14.3 Å². The van der Waals surface area contributed by atoms with Crippen molar-refractivity contribution in [3.05, 3.63) is 39.9 Å². The quantitative estimate of drug-likeness (QED) is 0.426. The van der Waals surface area contributed by atoms with Gasteiger partial charge in [0.2, 0.25) is 0 Å². The molecule has 4 unspecified atom stereocenters. The molecule has 0 radical (unpaired) electrons. The van der Waals surface area contributed by atoms with Crippen molar-refractivity contribution in [2.45, 2.75) is 32.8 Å². The van der Waals surface area contributed by atoms with E-state index in [0.29, 0.717) is 21.4 Å². The topological polar surface area (TPSA) is 59.0 Å². The number of ether oxygens (including phenoxy) is 1. The summed E-state index contributed by atoms with van der Waals surface area (Å²) >= 11 is 12.6. The van der Waals surface area contributed by atoms with Crippen LogP contribution in [0.2, 0.25) is 10.0 Å². The second kappa shape index (κ2) is 6.35. The zero-order chi connectivity index (χ0) is 19.5. The summed E-state index contributed by atoms with van der Waals surface area (Å²) in [7, 11) is 0.